The molecule has 19 heavy (non-hydrogen) atoms. The molecule has 0 fully saturated rings. The molecule has 0 atom stereocenters. The number of halogens is 2. The van der Waals surface area contributed by atoms with Gasteiger partial charge in [0.15, 0.2) is 0 Å². The molecule has 2 aromatic heterocycles. The van der Waals surface area contributed by atoms with Gasteiger partial charge in [0, 0.05) is 23.2 Å². The van der Waals surface area contributed by atoms with Gasteiger partial charge >= 0.3 is 0 Å². The lowest BCUT2D eigenvalue weighted by Gasteiger charge is -2.01. The number of benzene rings is 1. The molecule has 3 rings (SSSR count). The van der Waals surface area contributed by atoms with Crippen molar-refractivity contribution in [2.45, 2.75) is 10.9 Å². The largest absolute Gasteiger partial charge is 0.253 e. The third-order valence-electron chi connectivity index (χ3n) is 2.47. The van der Waals surface area contributed by atoms with E-state index in [2.05, 4.69) is 15.1 Å². The molecule has 0 radical (unpaired) electrons. The van der Waals surface area contributed by atoms with Crippen LogP contribution in [0.2, 0.25) is 5.02 Å². The number of hydrogen-bond donors (Lipinski definition) is 0. The van der Waals surface area contributed by atoms with Crippen molar-refractivity contribution in [3.8, 4) is 0 Å². The molecule has 0 saturated carbocycles. The highest BCUT2D eigenvalue weighted by atomic mass is 35.5. The fourth-order valence-corrected chi connectivity index (χ4v) is 2.70. The number of rotatable bonds is 3. The van der Waals surface area contributed by atoms with E-state index >= 15 is 0 Å². The third-order valence-corrected chi connectivity index (χ3v) is 3.71. The second-order valence-electron chi connectivity index (χ2n) is 3.78. The molecule has 0 amide bonds. The fraction of sp³-hybridized carbons (Fsp3) is 0.0833. The Labute approximate surface area is 117 Å². The first-order valence-electron chi connectivity index (χ1n) is 5.46. The molecule has 3 aromatic rings. The maximum absolute atomic E-state index is 12.9. The van der Waals surface area contributed by atoms with E-state index in [0.29, 0.717) is 21.7 Å². The van der Waals surface area contributed by atoms with E-state index in [1.807, 2.05) is 0 Å². The summed E-state index contributed by atoms with van der Waals surface area (Å²) in [5.74, 6) is 0.791. The summed E-state index contributed by atoms with van der Waals surface area (Å²) in [5, 5.41) is 5.29. The normalized spacial score (nSPS) is 11.1. The maximum Gasteiger partial charge on any atom is 0.253 e. The Bertz CT molecular complexity index is 698. The van der Waals surface area contributed by atoms with Crippen LogP contribution < -0.4 is 0 Å². The van der Waals surface area contributed by atoms with Gasteiger partial charge in [-0.3, -0.25) is 0 Å². The predicted octanol–water partition coefficient (Wildman–Crippen LogP) is 3.21. The molecule has 4 nitrogen and oxygen atoms in total. The maximum atomic E-state index is 12.9. The van der Waals surface area contributed by atoms with E-state index in [0.717, 1.165) is 5.56 Å². The summed E-state index contributed by atoms with van der Waals surface area (Å²) < 4.78 is 14.5. The van der Waals surface area contributed by atoms with Gasteiger partial charge in [0.1, 0.15) is 5.82 Å². The Morgan fingerprint density at radius 1 is 1.37 bits per heavy atom. The van der Waals surface area contributed by atoms with Gasteiger partial charge in [-0.1, -0.05) is 29.4 Å². The molecule has 0 N–H and O–H groups in total. The zero-order valence-corrected chi connectivity index (χ0v) is 11.2. The third kappa shape index (κ3) is 2.69. The second kappa shape index (κ2) is 5.14. The number of fused-ring (bicyclic) bond motifs is 1. The fourth-order valence-electron chi connectivity index (χ4n) is 1.56. The highest BCUT2D eigenvalue weighted by Crippen LogP contribution is 2.25. The Morgan fingerprint density at radius 3 is 3.05 bits per heavy atom. The number of hydrogen-bond acceptors (Lipinski definition) is 4. The van der Waals surface area contributed by atoms with Crippen molar-refractivity contribution < 1.29 is 4.39 Å². The lowest BCUT2D eigenvalue weighted by molar-refractivity contribution is 0.627. The minimum absolute atomic E-state index is 0.339. The second-order valence-corrected chi connectivity index (χ2v) is 5.13. The molecular weight excluding hydrogens is 287 g/mol. The predicted molar refractivity (Wildman–Crippen MR) is 71.8 cm³/mol. The topological polar surface area (TPSA) is 43.1 Å². The van der Waals surface area contributed by atoms with Gasteiger partial charge in [0.25, 0.3) is 5.78 Å². The Morgan fingerprint density at radius 2 is 2.26 bits per heavy atom. The molecule has 0 spiro atoms. The van der Waals surface area contributed by atoms with Crippen LogP contribution in [0.1, 0.15) is 5.56 Å². The van der Waals surface area contributed by atoms with Gasteiger partial charge < -0.3 is 0 Å². The van der Waals surface area contributed by atoms with Gasteiger partial charge in [-0.15, -0.1) is 5.10 Å². The van der Waals surface area contributed by atoms with E-state index in [1.165, 1.54) is 23.9 Å². The number of nitrogens with zero attached hydrogens (tertiary/aromatic N) is 4. The molecule has 0 aliphatic carbocycles. The van der Waals surface area contributed by atoms with Crippen LogP contribution >= 0.6 is 23.4 Å². The smallest absolute Gasteiger partial charge is 0.220 e. The summed E-state index contributed by atoms with van der Waals surface area (Å²) in [6.45, 7) is 0. The average Bonchev–Trinajstić information content (AvgIpc) is 2.80. The lowest BCUT2D eigenvalue weighted by atomic mass is 10.2. The SMILES string of the molecule is Fc1ccc(CSc2nc3ncccn3n2)c(Cl)c1. The van der Waals surface area contributed by atoms with Crippen LogP contribution in [0.15, 0.2) is 41.8 Å². The number of thioether (sulfide) groups is 1. The van der Waals surface area contributed by atoms with Gasteiger partial charge in [-0.2, -0.15) is 4.98 Å². The molecule has 0 saturated heterocycles. The first kappa shape index (κ1) is 12.4. The summed E-state index contributed by atoms with van der Waals surface area (Å²) in [6.07, 6.45) is 3.44. The van der Waals surface area contributed by atoms with Crippen molar-refractivity contribution in [3.63, 3.8) is 0 Å². The highest BCUT2D eigenvalue weighted by Gasteiger charge is 2.07. The van der Waals surface area contributed by atoms with Crippen molar-refractivity contribution in [3.05, 3.63) is 53.1 Å². The molecule has 0 bridgehead atoms. The van der Waals surface area contributed by atoms with Crippen molar-refractivity contribution in [1.82, 2.24) is 19.6 Å². The van der Waals surface area contributed by atoms with Gasteiger partial charge in [-0.05, 0) is 23.8 Å². The van der Waals surface area contributed by atoms with Crippen LogP contribution in [-0.4, -0.2) is 19.6 Å². The Hall–Kier alpha value is -1.66. The van der Waals surface area contributed by atoms with E-state index < -0.39 is 0 Å². The van der Waals surface area contributed by atoms with Crippen LogP contribution in [0.4, 0.5) is 4.39 Å². The Balaban J connectivity index is 1.78. The van der Waals surface area contributed by atoms with Crippen molar-refractivity contribution >= 4 is 29.1 Å². The lowest BCUT2D eigenvalue weighted by Crippen LogP contribution is -1.87. The van der Waals surface area contributed by atoms with Crippen LogP contribution in [0.5, 0.6) is 0 Å². The van der Waals surface area contributed by atoms with Gasteiger partial charge in [-0.25, -0.2) is 13.9 Å². The zero-order valence-electron chi connectivity index (χ0n) is 9.62. The molecule has 0 aliphatic heterocycles. The van der Waals surface area contributed by atoms with Gasteiger partial charge in [0.2, 0.25) is 5.16 Å². The standard InChI is InChI=1S/C12H8ClFN4S/c13-10-6-9(14)3-2-8(10)7-19-12-16-11-15-4-1-5-18(11)17-12/h1-6H,7H2. The van der Waals surface area contributed by atoms with Crippen LogP contribution in [-0.2, 0) is 5.75 Å². The van der Waals surface area contributed by atoms with E-state index in [-0.39, 0.29) is 5.82 Å². The summed E-state index contributed by atoms with van der Waals surface area (Å²) in [6, 6.07) is 6.14. The van der Waals surface area contributed by atoms with Crippen molar-refractivity contribution in [1.29, 1.82) is 0 Å². The first-order chi connectivity index (χ1) is 9.22. The summed E-state index contributed by atoms with van der Waals surface area (Å²) in [5.41, 5.74) is 0.847. The quantitative estimate of drug-likeness (QED) is 0.696. The monoisotopic (exact) mass is 294 g/mol. The molecule has 1 aromatic carbocycles. The molecular formula is C12H8ClFN4S. The van der Waals surface area contributed by atoms with Gasteiger partial charge in [0.05, 0.1) is 0 Å². The van der Waals surface area contributed by atoms with E-state index in [4.69, 9.17) is 11.6 Å². The van der Waals surface area contributed by atoms with Crippen molar-refractivity contribution in [2.24, 2.45) is 0 Å². The Kier molecular flexibility index (Phi) is 3.35. The van der Waals surface area contributed by atoms with Crippen LogP contribution in [0.25, 0.3) is 5.78 Å². The van der Waals surface area contributed by atoms with Crippen LogP contribution in [0, 0.1) is 5.82 Å². The number of aromatic nitrogens is 4. The minimum Gasteiger partial charge on any atom is -0.220 e. The molecule has 96 valence electrons. The molecule has 7 heteroatoms. The van der Waals surface area contributed by atoms with E-state index in [9.17, 15) is 4.39 Å². The summed E-state index contributed by atoms with van der Waals surface area (Å²) >= 11 is 7.39. The molecule has 2 heterocycles. The van der Waals surface area contributed by atoms with Crippen molar-refractivity contribution in [2.75, 3.05) is 0 Å². The zero-order chi connectivity index (χ0) is 13.2. The summed E-state index contributed by atoms with van der Waals surface area (Å²) in [4.78, 5) is 8.35. The first-order valence-corrected chi connectivity index (χ1v) is 6.83. The highest BCUT2D eigenvalue weighted by molar-refractivity contribution is 7.98. The molecule has 0 unspecified atom stereocenters. The summed E-state index contributed by atoms with van der Waals surface area (Å²) in [7, 11) is 0. The van der Waals surface area contributed by atoms with Crippen LogP contribution in [0.3, 0.4) is 0 Å². The van der Waals surface area contributed by atoms with E-state index in [1.54, 1.807) is 29.0 Å². The molecule has 0 aliphatic rings. The minimum atomic E-state index is -0.339. The average molecular weight is 295 g/mol.